The molecule has 64 heavy (non-hydrogen) atoms. The lowest BCUT2D eigenvalue weighted by Crippen LogP contribution is -2.34. The van der Waals surface area contributed by atoms with Gasteiger partial charge in [-0.15, -0.1) is 0 Å². The third-order valence-corrected chi connectivity index (χ3v) is 10.3. The number of carboxylic acid groups (broad SMARTS) is 1. The Morgan fingerprint density at radius 2 is 1.05 bits per heavy atom. The van der Waals surface area contributed by atoms with Gasteiger partial charge in [-0.2, -0.15) is 0 Å². The number of aliphatic carboxylic acids is 1. The average molecular weight is 914 g/mol. The number of amides is 6. The van der Waals surface area contributed by atoms with Crippen LogP contribution in [0, 0.1) is 0 Å². The molecule has 17 heteroatoms. The second-order valence-electron chi connectivity index (χ2n) is 15.3. The Balaban J connectivity index is -0.000000329. The van der Waals surface area contributed by atoms with Gasteiger partial charge in [0.1, 0.15) is 5.78 Å². The Morgan fingerprint density at radius 3 is 1.34 bits per heavy atom. The first kappa shape index (κ1) is 66.2. The average Bonchev–Trinajstić information content (AvgIpc) is 3.93. The number of unbranched alkanes of at least 4 members (excludes halogenated alkanes) is 1. The Bertz CT molecular complexity index is 1320. The van der Waals surface area contributed by atoms with E-state index in [2.05, 4.69) is 18.7 Å². The van der Waals surface area contributed by atoms with Crippen LogP contribution in [0.1, 0.15) is 139 Å². The number of nitrogens with zero attached hydrogens (tertiary/aromatic N) is 7. The smallest absolute Gasteiger partial charge is 0.303 e. The third-order valence-electron chi connectivity index (χ3n) is 10.3. The van der Waals surface area contributed by atoms with Crippen LogP contribution in [0.15, 0.2) is 12.2 Å². The highest BCUT2D eigenvalue weighted by Gasteiger charge is 2.17. The van der Waals surface area contributed by atoms with Crippen LogP contribution in [-0.4, -0.2) is 198 Å². The van der Waals surface area contributed by atoms with Gasteiger partial charge in [-0.1, -0.05) is 26.3 Å². The van der Waals surface area contributed by atoms with E-state index in [9.17, 15) is 38.4 Å². The van der Waals surface area contributed by atoms with Crippen LogP contribution in [0.2, 0.25) is 0 Å². The maximum absolute atomic E-state index is 11.1. The van der Waals surface area contributed by atoms with Crippen LogP contribution in [0.4, 0.5) is 0 Å². The number of ketones is 1. The summed E-state index contributed by atoms with van der Waals surface area (Å²) in [5.74, 6) is 0.307. The van der Waals surface area contributed by atoms with Gasteiger partial charge in [0, 0.05) is 131 Å². The predicted molar refractivity (Wildman–Crippen MR) is 255 cm³/mol. The standard InChI is InChI=1S/C8H17NO.C7H13NO3.C7H13NO.C7H15NO.C6H13NO2.C6H11NO.C6H9NO/c1-4-6-7-8(10)9(3)5-2;1-3-8(2)6(9)4-5-7(10)11;1-2-8-6-4-3-5-7(8)9;1-4-8(3)6-5-7(2)9;1-3-7(2)6(9)4-5-8;2*1-2-7-5-3-4-6(7)8/h4-7H2,1-3H3;3-5H2,1-2H3,(H,10,11);2-6H2,1H3;4-6H2,1-3H3;8H,3-5H2,1-2H3;2-5H2,1H3;3-4H,2,5H2,1H3. The number of carbonyl (C=O) groups is 8. The molecule has 0 spiro atoms. The lowest BCUT2D eigenvalue weighted by atomic mass is 10.1. The number of hydrogen-bond donors (Lipinski definition) is 2. The summed E-state index contributed by atoms with van der Waals surface area (Å²) in [6, 6.07) is 0. The maximum Gasteiger partial charge on any atom is 0.303 e. The first-order valence-electron chi connectivity index (χ1n) is 23.4. The van der Waals surface area contributed by atoms with Crippen molar-refractivity contribution in [2.24, 2.45) is 0 Å². The second-order valence-corrected chi connectivity index (χ2v) is 15.3. The van der Waals surface area contributed by atoms with E-state index in [4.69, 9.17) is 10.2 Å². The van der Waals surface area contributed by atoms with Crippen LogP contribution in [0.3, 0.4) is 0 Å². The van der Waals surface area contributed by atoms with Gasteiger partial charge < -0.3 is 44.5 Å². The fourth-order valence-corrected chi connectivity index (χ4v) is 5.24. The molecular formula is C47H91N7O10. The quantitative estimate of drug-likeness (QED) is 0.192. The number of hydrogen-bond acceptors (Lipinski definition) is 10. The highest BCUT2D eigenvalue weighted by Crippen LogP contribution is 2.09. The van der Waals surface area contributed by atoms with Gasteiger partial charge in [0.25, 0.3) is 0 Å². The van der Waals surface area contributed by atoms with Gasteiger partial charge in [0.05, 0.1) is 13.0 Å². The van der Waals surface area contributed by atoms with Crippen molar-refractivity contribution in [3.63, 3.8) is 0 Å². The van der Waals surface area contributed by atoms with Crippen LogP contribution in [0.25, 0.3) is 0 Å². The third kappa shape index (κ3) is 38.1. The van der Waals surface area contributed by atoms with Gasteiger partial charge in [-0.05, 0) is 87.7 Å². The fourth-order valence-electron chi connectivity index (χ4n) is 5.24. The number of piperidine rings is 1. The number of carboxylic acids is 1. The molecule has 17 nitrogen and oxygen atoms in total. The van der Waals surface area contributed by atoms with Crippen molar-refractivity contribution < 1.29 is 48.6 Å². The molecule has 0 aromatic heterocycles. The van der Waals surface area contributed by atoms with E-state index >= 15 is 0 Å². The summed E-state index contributed by atoms with van der Waals surface area (Å²) in [6.07, 6.45) is 12.2. The van der Waals surface area contributed by atoms with Gasteiger partial charge in [0.2, 0.25) is 35.4 Å². The summed E-state index contributed by atoms with van der Waals surface area (Å²) < 4.78 is 0. The molecule has 0 radical (unpaired) electrons. The molecule has 0 aromatic carbocycles. The van der Waals surface area contributed by atoms with Crippen molar-refractivity contribution in [1.82, 2.24) is 34.3 Å². The molecule has 3 heterocycles. The zero-order chi connectivity index (χ0) is 50.0. The molecule has 0 atom stereocenters. The van der Waals surface area contributed by atoms with Crippen molar-refractivity contribution in [2.75, 3.05) is 107 Å². The highest BCUT2D eigenvalue weighted by molar-refractivity contribution is 5.89. The van der Waals surface area contributed by atoms with E-state index in [0.717, 1.165) is 97.4 Å². The first-order valence-corrected chi connectivity index (χ1v) is 23.4. The summed E-state index contributed by atoms with van der Waals surface area (Å²) in [4.78, 5) is 98.1. The molecule has 6 amide bonds. The molecule has 0 saturated carbocycles. The molecular weight excluding hydrogens is 823 g/mol. The van der Waals surface area contributed by atoms with Crippen LogP contribution in [0.5, 0.6) is 0 Å². The Hall–Kier alpha value is -4.38. The predicted octanol–water partition coefficient (Wildman–Crippen LogP) is 4.80. The number of Topliss-reactive ketones (excluding diaryl/α,β-unsaturated/α-hetero) is 1. The SMILES string of the molecule is CCCCC(=O)N(C)CC.CCN(C)C(=O)CCC(=O)O.CCN(C)C(=O)CCO.CCN(C)CCC(C)=O.CCN1CC=CC1=O.CCN1CCCC1=O.CCN1CCCCC1=O. The fraction of sp³-hybridized carbons (Fsp3) is 0.787. The van der Waals surface area contributed by atoms with Crippen molar-refractivity contribution >= 4 is 47.2 Å². The highest BCUT2D eigenvalue weighted by atomic mass is 16.4. The molecule has 3 aliphatic rings. The van der Waals surface area contributed by atoms with Crippen molar-refractivity contribution in [3.05, 3.63) is 12.2 Å². The molecule has 0 aliphatic carbocycles. The lowest BCUT2D eigenvalue weighted by Gasteiger charge is -2.24. The van der Waals surface area contributed by atoms with E-state index in [1.807, 2.05) is 71.5 Å². The topological polar surface area (TPSA) is 200 Å². The molecule has 0 unspecified atom stereocenters. The molecule has 3 rings (SSSR count). The number of likely N-dealkylation sites (tertiary alicyclic amines) is 2. The van der Waals surface area contributed by atoms with Crippen LogP contribution in [-0.2, 0) is 38.4 Å². The van der Waals surface area contributed by atoms with Crippen molar-refractivity contribution in [1.29, 1.82) is 0 Å². The van der Waals surface area contributed by atoms with Crippen molar-refractivity contribution in [2.45, 2.75) is 139 Å². The van der Waals surface area contributed by atoms with Gasteiger partial charge in [0.15, 0.2) is 0 Å². The van der Waals surface area contributed by atoms with E-state index in [-0.39, 0.29) is 55.3 Å². The first-order chi connectivity index (χ1) is 30.2. The minimum atomic E-state index is -0.928. The monoisotopic (exact) mass is 914 g/mol. The maximum atomic E-state index is 11.1. The minimum Gasteiger partial charge on any atom is -0.481 e. The Kier molecular flexibility index (Phi) is 45.4. The minimum absolute atomic E-state index is 0.000000000000000444. The van der Waals surface area contributed by atoms with E-state index in [0.29, 0.717) is 37.7 Å². The molecule has 3 aliphatic heterocycles. The van der Waals surface area contributed by atoms with Crippen LogP contribution < -0.4 is 0 Å². The normalized spacial score (nSPS) is 13.5. The van der Waals surface area contributed by atoms with Crippen LogP contribution >= 0.6 is 0 Å². The largest absolute Gasteiger partial charge is 0.481 e. The zero-order valence-electron chi connectivity index (χ0n) is 42.4. The summed E-state index contributed by atoms with van der Waals surface area (Å²) in [7, 11) is 7.24. The van der Waals surface area contributed by atoms with E-state index in [1.54, 1.807) is 41.8 Å². The molecule has 0 bridgehead atoms. The summed E-state index contributed by atoms with van der Waals surface area (Å²) in [5, 5.41) is 16.6. The Morgan fingerprint density at radius 1 is 0.594 bits per heavy atom. The number of rotatable bonds is 18. The number of aliphatic hydroxyl groups is 1. The molecule has 2 N–H and O–H groups in total. The molecule has 2 fully saturated rings. The Labute approximate surface area is 387 Å². The van der Waals surface area contributed by atoms with E-state index in [1.165, 1.54) is 11.3 Å². The molecule has 2 saturated heterocycles. The van der Waals surface area contributed by atoms with Crippen molar-refractivity contribution in [3.8, 4) is 0 Å². The zero-order valence-corrected chi connectivity index (χ0v) is 42.4. The summed E-state index contributed by atoms with van der Waals surface area (Å²) in [5.41, 5.74) is 0. The molecule has 0 aromatic rings. The van der Waals surface area contributed by atoms with Gasteiger partial charge >= 0.3 is 5.97 Å². The summed E-state index contributed by atoms with van der Waals surface area (Å²) >= 11 is 0. The number of aliphatic hydroxyl groups excluding tert-OH is 1. The molecule has 374 valence electrons. The van der Waals surface area contributed by atoms with E-state index < -0.39 is 5.97 Å². The second kappa shape index (κ2) is 43.9. The van der Waals surface area contributed by atoms with Gasteiger partial charge in [-0.3, -0.25) is 38.4 Å². The lowest BCUT2D eigenvalue weighted by molar-refractivity contribution is -0.140. The van der Waals surface area contributed by atoms with Gasteiger partial charge in [-0.25, -0.2) is 0 Å². The number of carbonyl (C=O) groups excluding carboxylic acids is 7. The summed E-state index contributed by atoms with van der Waals surface area (Å²) in [6.45, 7) is 26.9. The number of likely N-dealkylation sites (N-methyl/N-ethyl adjacent to an activating group) is 1.